The van der Waals surface area contributed by atoms with E-state index in [2.05, 4.69) is 33.4 Å². The minimum Gasteiger partial charge on any atom is -0.492 e. The Bertz CT molecular complexity index is 1200. The van der Waals surface area contributed by atoms with Crippen LogP contribution in [0.2, 0.25) is 0 Å². The third-order valence-corrected chi connectivity index (χ3v) is 5.51. The number of ether oxygens (including phenoxy) is 2. The van der Waals surface area contributed by atoms with Crippen LogP contribution in [-0.2, 0) is 13.0 Å². The fourth-order valence-corrected chi connectivity index (χ4v) is 3.69. The van der Waals surface area contributed by atoms with Crippen LogP contribution in [0.25, 0.3) is 0 Å². The molecule has 33 heavy (non-hydrogen) atoms. The molecule has 0 spiro atoms. The van der Waals surface area contributed by atoms with Crippen LogP contribution in [-0.4, -0.2) is 12.5 Å². The van der Waals surface area contributed by atoms with Crippen molar-refractivity contribution in [3.05, 3.63) is 124 Å². The SMILES string of the molecule is O=C(Nc1cccc(OCc2ccccc2)c1)c1cc(Br)ccc1OCCc1ccccc1. The Morgan fingerprint density at radius 2 is 1.48 bits per heavy atom. The van der Waals surface area contributed by atoms with Crippen LogP contribution in [0, 0.1) is 0 Å². The molecule has 4 nitrogen and oxygen atoms in total. The van der Waals surface area contributed by atoms with Crippen LogP contribution >= 0.6 is 15.9 Å². The summed E-state index contributed by atoms with van der Waals surface area (Å²) in [6, 6.07) is 32.9. The maximum atomic E-state index is 13.1. The molecule has 0 unspecified atom stereocenters. The molecule has 0 saturated carbocycles. The molecule has 0 aliphatic carbocycles. The Labute approximate surface area is 202 Å². The zero-order valence-electron chi connectivity index (χ0n) is 18.0. The van der Waals surface area contributed by atoms with Crippen LogP contribution < -0.4 is 14.8 Å². The number of carbonyl (C=O) groups excluding carboxylic acids is 1. The van der Waals surface area contributed by atoms with E-state index in [1.807, 2.05) is 84.9 Å². The second-order valence-electron chi connectivity index (χ2n) is 7.48. The normalized spacial score (nSPS) is 10.5. The number of anilines is 1. The molecule has 0 fully saturated rings. The van der Waals surface area contributed by atoms with Crippen molar-refractivity contribution in [1.29, 1.82) is 0 Å². The predicted octanol–water partition coefficient (Wildman–Crippen LogP) is 6.90. The summed E-state index contributed by atoms with van der Waals surface area (Å²) in [5.74, 6) is 0.986. The van der Waals surface area contributed by atoms with Gasteiger partial charge in [-0.1, -0.05) is 82.7 Å². The van der Waals surface area contributed by atoms with E-state index in [0.29, 0.717) is 36.0 Å². The smallest absolute Gasteiger partial charge is 0.259 e. The molecular formula is C28H24BrNO3. The van der Waals surface area contributed by atoms with Gasteiger partial charge in [-0.15, -0.1) is 0 Å². The highest BCUT2D eigenvalue weighted by molar-refractivity contribution is 9.10. The fraction of sp³-hybridized carbons (Fsp3) is 0.107. The van der Waals surface area contributed by atoms with Gasteiger partial charge in [0, 0.05) is 22.6 Å². The van der Waals surface area contributed by atoms with Crippen LogP contribution in [0.1, 0.15) is 21.5 Å². The monoisotopic (exact) mass is 501 g/mol. The van der Waals surface area contributed by atoms with Crippen molar-refractivity contribution in [2.75, 3.05) is 11.9 Å². The first-order chi connectivity index (χ1) is 16.2. The van der Waals surface area contributed by atoms with Crippen LogP contribution in [0.4, 0.5) is 5.69 Å². The summed E-state index contributed by atoms with van der Waals surface area (Å²) in [7, 11) is 0. The maximum absolute atomic E-state index is 13.1. The molecule has 0 aliphatic heterocycles. The quantitative estimate of drug-likeness (QED) is 0.271. The Hall–Kier alpha value is -3.57. The van der Waals surface area contributed by atoms with Crippen molar-refractivity contribution in [1.82, 2.24) is 0 Å². The van der Waals surface area contributed by atoms with Crippen molar-refractivity contribution >= 4 is 27.5 Å². The molecule has 0 radical (unpaired) electrons. The highest BCUT2D eigenvalue weighted by atomic mass is 79.9. The zero-order valence-corrected chi connectivity index (χ0v) is 19.6. The summed E-state index contributed by atoms with van der Waals surface area (Å²) >= 11 is 3.45. The summed E-state index contributed by atoms with van der Waals surface area (Å²) in [5.41, 5.74) is 3.39. The molecule has 0 heterocycles. The molecule has 0 saturated heterocycles. The molecule has 0 aliphatic rings. The minimum absolute atomic E-state index is 0.244. The minimum atomic E-state index is -0.244. The topological polar surface area (TPSA) is 47.6 Å². The lowest BCUT2D eigenvalue weighted by atomic mass is 10.1. The average Bonchev–Trinajstić information content (AvgIpc) is 2.85. The molecule has 1 N–H and O–H groups in total. The second kappa shape index (κ2) is 11.3. The van der Waals surface area contributed by atoms with Crippen molar-refractivity contribution < 1.29 is 14.3 Å². The van der Waals surface area contributed by atoms with Gasteiger partial charge in [0.1, 0.15) is 18.1 Å². The van der Waals surface area contributed by atoms with E-state index in [9.17, 15) is 4.79 Å². The molecule has 0 bridgehead atoms. The lowest BCUT2D eigenvalue weighted by molar-refractivity contribution is 0.102. The van der Waals surface area contributed by atoms with Gasteiger partial charge in [-0.05, 0) is 41.5 Å². The van der Waals surface area contributed by atoms with Gasteiger partial charge < -0.3 is 14.8 Å². The number of hydrogen-bond donors (Lipinski definition) is 1. The van der Waals surface area contributed by atoms with Gasteiger partial charge in [0.15, 0.2) is 0 Å². The number of benzene rings is 4. The number of nitrogens with one attached hydrogen (secondary N) is 1. The van der Waals surface area contributed by atoms with Crippen molar-refractivity contribution in [3.63, 3.8) is 0 Å². The van der Waals surface area contributed by atoms with Gasteiger partial charge in [0.25, 0.3) is 5.91 Å². The van der Waals surface area contributed by atoms with Gasteiger partial charge >= 0.3 is 0 Å². The van der Waals surface area contributed by atoms with E-state index in [0.717, 1.165) is 16.5 Å². The van der Waals surface area contributed by atoms with Crippen LogP contribution in [0.5, 0.6) is 11.5 Å². The Morgan fingerprint density at radius 3 is 2.24 bits per heavy atom. The summed E-state index contributed by atoms with van der Waals surface area (Å²) in [6.07, 6.45) is 0.763. The number of amides is 1. The molecule has 4 aromatic carbocycles. The van der Waals surface area contributed by atoms with E-state index in [-0.39, 0.29) is 5.91 Å². The highest BCUT2D eigenvalue weighted by Crippen LogP contribution is 2.26. The summed E-state index contributed by atoms with van der Waals surface area (Å²) in [6.45, 7) is 0.942. The van der Waals surface area contributed by atoms with E-state index in [4.69, 9.17) is 9.47 Å². The summed E-state index contributed by atoms with van der Waals surface area (Å²) in [5, 5.41) is 2.95. The van der Waals surface area contributed by atoms with Crippen molar-refractivity contribution in [2.24, 2.45) is 0 Å². The molecule has 0 aromatic heterocycles. The highest BCUT2D eigenvalue weighted by Gasteiger charge is 2.14. The van der Waals surface area contributed by atoms with Gasteiger partial charge in [-0.25, -0.2) is 0 Å². The van der Waals surface area contributed by atoms with E-state index >= 15 is 0 Å². The zero-order chi connectivity index (χ0) is 22.9. The van der Waals surface area contributed by atoms with E-state index < -0.39 is 0 Å². The third kappa shape index (κ3) is 6.70. The molecule has 4 aromatic rings. The molecule has 1 amide bonds. The van der Waals surface area contributed by atoms with Gasteiger partial charge in [-0.2, -0.15) is 0 Å². The molecule has 5 heteroatoms. The summed E-state index contributed by atoms with van der Waals surface area (Å²) < 4.78 is 12.6. The fourth-order valence-electron chi connectivity index (χ4n) is 3.33. The van der Waals surface area contributed by atoms with Crippen LogP contribution in [0.15, 0.2) is 108 Å². The van der Waals surface area contributed by atoms with Gasteiger partial charge in [-0.3, -0.25) is 4.79 Å². The maximum Gasteiger partial charge on any atom is 0.259 e. The third-order valence-electron chi connectivity index (χ3n) is 5.02. The number of carbonyl (C=O) groups is 1. The average molecular weight is 502 g/mol. The van der Waals surface area contributed by atoms with Gasteiger partial charge in [0.05, 0.1) is 12.2 Å². The molecule has 4 rings (SSSR count). The summed E-state index contributed by atoms with van der Waals surface area (Å²) in [4.78, 5) is 13.1. The van der Waals surface area contributed by atoms with Gasteiger partial charge in [0.2, 0.25) is 0 Å². The predicted molar refractivity (Wildman–Crippen MR) is 135 cm³/mol. The molecule has 0 atom stereocenters. The van der Waals surface area contributed by atoms with Crippen molar-refractivity contribution in [2.45, 2.75) is 13.0 Å². The first-order valence-electron chi connectivity index (χ1n) is 10.7. The largest absolute Gasteiger partial charge is 0.492 e. The first kappa shape index (κ1) is 22.6. The first-order valence-corrected chi connectivity index (χ1v) is 11.5. The molecular weight excluding hydrogens is 478 g/mol. The number of hydrogen-bond acceptors (Lipinski definition) is 3. The lowest BCUT2D eigenvalue weighted by Gasteiger charge is -2.13. The second-order valence-corrected chi connectivity index (χ2v) is 8.40. The Kier molecular flexibility index (Phi) is 7.77. The van der Waals surface area contributed by atoms with E-state index in [1.165, 1.54) is 5.56 Å². The van der Waals surface area contributed by atoms with Crippen LogP contribution in [0.3, 0.4) is 0 Å². The van der Waals surface area contributed by atoms with E-state index in [1.54, 1.807) is 6.07 Å². The molecule has 166 valence electrons. The standard InChI is InChI=1S/C28H24BrNO3/c29-23-14-15-27(32-17-16-21-8-3-1-4-9-21)26(18-23)28(31)30-24-12-7-13-25(19-24)33-20-22-10-5-2-6-11-22/h1-15,18-19H,16-17,20H2,(H,30,31). The van der Waals surface area contributed by atoms with Crippen molar-refractivity contribution in [3.8, 4) is 11.5 Å². The number of rotatable bonds is 9. The number of halogens is 1. The Balaban J connectivity index is 1.41. The lowest BCUT2D eigenvalue weighted by Crippen LogP contribution is -2.14. The Morgan fingerprint density at radius 1 is 0.758 bits per heavy atom.